The third-order valence-electron chi connectivity index (χ3n) is 2.77. The van der Waals surface area contributed by atoms with E-state index in [1.165, 1.54) is 0 Å². The van der Waals surface area contributed by atoms with Crippen LogP contribution in [0.5, 0.6) is 0 Å². The smallest absolute Gasteiger partial charge is 0.243 e. The molecular weight excluding hydrogens is 238 g/mol. The number of rotatable bonds is 4. The molecule has 0 unspecified atom stereocenters. The van der Waals surface area contributed by atoms with E-state index in [2.05, 4.69) is 5.32 Å². The highest BCUT2D eigenvalue weighted by molar-refractivity contribution is 5.94. The molecule has 0 aliphatic rings. The van der Waals surface area contributed by atoms with Crippen LogP contribution in [-0.2, 0) is 4.79 Å². The summed E-state index contributed by atoms with van der Waals surface area (Å²) < 4.78 is 0. The predicted octanol–water partition coefficient (Wildman–Crippen LogP) is 2.34. The lowest BCUT2D eigenvalue weighted by Crippen LogP contribution is -2.29. The van der Waals surface area contributed by atoms with Crippen molar-refractivity contribution in [2.75, 3.05) is 29.5 Å². The summed E-state index contributed by atoms with van der Waals surface area (Å²) in [5, 5.41) is 2.85. The van der Waals surface area contributed by atoms with E-state index in [9.17, 15) is 4.79 Å². The zero-order chi connectivity index (χ0) is 13.7. The minimum absolute atomic E-state index is 0.0504. The van der Waals surface area contributed by atoms with Crippen molar-refractivity contribution in [2.45, 2.75) is 0 Å². The molecule has 2 aromatic rings. The lowest BCUT2D eigenvalue weighted by molar-refractivity contribution is -0.114. The molecule has 0 bridgehead atoms. The highest BCUT2D eigenvalue weighted by Gasteiger charge is 2.07. The van der Waals surface area contributed by atoms with Crippen molar-refractivity contribution >= 4 is 23.0 Å². The van der Waals surface area contributed by atoms with Gasteiger partial charge in [0.1, 0.15) is 0 Å². The van der Waals surface area contributed by atoms with Crippen molar-refractivity contribution in [1.29, 1.82) is 0 Å². The molecule has 0 heterocycles. The van der Waals surface area contributed by atoms with Crippen molar-refractivity contribution in [1.82, 2.24) is 0 Å². The van der Waals surface area contributed by atoms with Gasteiger partial charge in [0, 0.05) is 24.1 Å². The van der Waals surface area contributed by atoms with Crippen LogP contribution in [0.25, 0.3) is 0 Å². The van der Waals surface area contributed by atoms with E-state index in [4.69, 9.17) is 5.73 Å². The fourth-order valence-electron chi connectivity index (χ4n) is 1.76. The summed E-state index contributed by atoms with van der Waals surface area (Å²) in [5.41, 5.74) is 8.11. The van der Waals surface area contributed by atoms with Gasteiger partial charge in [-0.3, -0.25) is 4.79 Å². The number of nitrogens with two attached hydrogens (primary N) is 1. The molecule has 0 aromatic heterocycles. The number of hydrogen-bond acceptors (Lipinski definition) is 3. The van der Waals surface area contributed by atoms with Gasteiger partial charge in [0.25, 0.3) is 0 Å². The maximum atomic E-state index is 11.9. The maximum Gasteiger partial charge on any atom is 0.243 e. The van der Waals surface area contributed by atoms with E-state index in [0.29, 0.717) is 12.2 Å². The van der Waals surface area contributed by atoms with Crippen molar-refractivity contribution in [3.8, 4) is 0 Å². The zero-order valence-corrected chi connectivity index (χ0v) is 10.8. The Labute approximate surface area is 112 Å². The van der Waals surface area contributed by atoms with Gasteiger partial charge in [0.2, 0.25) is 5.91 Å². The minimum Gasteiger partial charge on any atom is -0.399 e. The first-order valence-corrected chi connectivity index (χ1v) is 6.07. The SMILES string of the molecule is CN(CC(=O)Nc1ccccc1)c1ccc(N)cc1. The minimum atomic E-state index is -0.0504. The molecule has 0 radical (unpaired) electrons. The van der Waals surface area contributed by atoms with Crippen LogP contribution in [0.3, 0.4) is 0 Å². The van der Waals surface area contributed by atoms with E-state index in [1.54, 1.807) is 0 Å². The molecule has 0 fully saturated rings. The van der Waals surface area contributed by atoms with Crippen LogP contribution in [0.1, 0.15) is 0 Å². The summed E-state index contributed by atoms with van der Waals surface area (Å²) in [6.45, 7) is 0.290. The summed E-state index contributed by atoms with van der Waals surface area (Å²) >= 11 is 0. The van der Waals surface area contributed by atoms with Gasteiger partial charge in [0.05, 0.1) is 6.54 Å². The van der Waals surface area contributed by atoms with Crippen molar-refractivity contribution in [2.24, 2.45) is 0 Å². The molecule has 2 rings (SSSR count). The van der Waals surface area contributed by atoms with Gasteiger partial charge in [-0.1, -0.05) is 18.2 Å². The van der Waals surface area contributed by atoms with Gasteiger partial charge >= 0.3 is 0 Å². The first-order chi connectivity index (χ1) is 9.15. The summed E-state index contributed by atoms with van der Waals surface area (Å²) in [5.74, 6) is -0.0504. The number of nitrogens with zero attached hydrogens (tertiary/aromatic N) is 1. The summed E-state index contributed by atoms with van der Waals surface area (Å²) in [6, 6.07) is 16.8. The Hall–Kier alpha value is -2.49. The number of benzene rings is 2. The second kappa shape index (κ2) is 5.91. The Balaban J connectivity index is 1.93. The number of nitrogens with one attached hydrogen (secondary N) is 1. The molecule has 0 aliphatic heterocycles. The number of hydrogen-bond donors (Lipinski definition) is 2. The molecule has 1 amide bonds. The van der Waals surface area contributed by atoms with Crippen LogP contribution in [-0.4, -0.2) is 19.5 Å². The van der Waals surface area contributed by atoms with E-state index in [-0.39, 0.29) is 5.91 Å². The van der Waals surface area contributed by atoms with Gasteiger partial charge in [0.15, 0.2) is 0 Å². The Morgan fingerprint density at radius 2 is 1.74 bits per heavy atom. The first kappa shape index (κ1) is 13.0. The maximum absolute atomic E-state index is 11.9. The summed E-state index contributed by atoms with van der Waals surface area (Å²) in [6.07, 6.45) is 0. The van der Waals surface area contributed by atoms with Crippen LogP contribution >= 0.6 is 0 Å². The molecule has 4 heteroatoms. The second-order valence-corrected chi connectivity index (χ2v) is 4.36. The van der Waals surface area contributed by atoms with E-state index < -0.39 is 0 Å². The number of nitrogen functional groups attached to an aromatic ring is 1. The molecule has 0 saturated heterocycles. The first-order valence-electron chi connectivity index (χ1n) is 6.07. The molecule has 0 saturated carbocycles. The number of anilines is 3. The fraction of sp³-hybridized carbons (Fsp3) is 0.133. The molecule has 98 valence electrons. The number of carbonyl (C=O) groups excluding carboxylic acids is 1. The summed E-state index contributed by atoms with van der Waals surface area (Å²) in [7, 11) is 1.87. The van der Waals surface area contributed by atoms with Crippen LogP contribution in [0.2, 0.25) is 0 Å². The molecule has 2 aromatic carbocycles. The number of likely N-dealkylation sites (N-methyl/N-ethyl adjacent to an activating group) is 1. The highest BCUT2D eigenvalue weighted by atomic mass is 16.2. The number of carbonyl (C=O) groups is 1. The van der Waals surface area contributed by atoms with Gasteiger partial charge in [-0.25, -0.2) is 0 Å². The van der Waals surface area contributed by atoms with Gasteiger partial charge in [-0.05, 0) is 36.4 Å². The van der Waals surface area contributed by atoms with Gasteiger partial charge < -0.3 is 16.0 Å². The van der Waals surface area contributed by atoms with Crippen LogP contribution in [0, 0.1) is 0 Å². The third kappa shape index (κ3) is 3.74. The largest absolute Gasteiger partial charge is 0.399 e. The lowest BCUT2D eigenvalue weighted by Gasteiger charge is -2.18. The molecule has 0 atom stereocenters. The molecular formula is C15H17N3O. The fourth-order valence-corrected chi connectivity index (χ4v) is 1.76. The average molecular weight is 255 g/mol. The normalized spacial score (nSPS) is 9.95. The standard InChI is InChI=1S/C15H17N3O/c1-18(14-9-7-12(16)8-10-14)11-15(19)17-13-5-3-2-4-6-13/h2-10H,11,16H2,1H3,(H,17,19). The van der Waals surface area contributed by atoms with Crippen LogP contribution < -0.4 is 16.0 Å². The zero-order valence-electron chi connectivity index (χ0n) is 10.8. The van der Waals surface area contributed by atoms with Crippen LogP contribution in [0.15, 0.2) is 54.6 Å². The molecule has 19 heavy (non-hydrogen) atoms. The average Bonchev–Trinajstić information content (AvgIpc) is 2.40. The number of para-hydroxylation sites is 1. The Morgan fingerprint density at radius 3 is 2.37 bits per heavy atom. The Kier molecular flexibility index (Phi) is 4.03. The quantitative estimate of drug-likeness (QED) is 0.824. The Morgan fingerprint density at radius 1 is 1.11 bits per heavy atom. The second-order valence-electron chi connectivity index (χ2n) is 4.36. The third-order valence-corrected chi connectivity index (χ3v) is 2.77. The summed E-state index contributed by atoms with van der Waals surface area (Å²) in [4.78, 5) is 13.8. The molecule has 0 spiro atoms. The van der Waals surface area contributed by atoms with E-state index in [1.807, 2.05) is 66.5 Å². The van der Waals surface area contributed by atoms with E-state index >= 15 is 0 Å². The van der Waals surface area contributed by atoms with E-state index in [0.717, 1.165) is 11.4 Å². The highest BCUT2D eigenvalue weighted by Crippen LogP contribution is 2.14. The van der Waals surface area contributed by atoms with Crippen molar-refractivity contribution < 1.29 is 4.79 Å². The monoisotopic (exact) mass is 255 g/mol. The molecule has 3 N–H and O–H groups in total. The molecule has 4 nitrogen and oxygen atoms in total. The van der Waals surface area contributed by atoms with Crippen LogP contribution in [0.4, 0.5) is 17.1 Å². The van der Waals surface area contributed by atoms with Crippen molar-refractivity contribution in [3.05, 3.63) is 54.6 Å². The Bertz CT molecular complexity index is 537. The lowest BCUT2D eigenvalue weighted by atomic mass is 10.2. The molecule has 0 aliphatic carbocycles. The predicted molar refractivity (Wildman–Crippen MR) is 79.2 cm³/mol. The van der Waals surface area contributed by atoms with Crippen molar-refractivity contribution in [3.63, 3.8) is 0 Å². The number of amides is 1. The topological polar surface area (TPSA) is 58.4 Å². The van der Waals surface area contributed by atoms with Gasteiger partial charge in [-0.2, -0.15) is 0 Å². The van der Waals surface area contributed by atoms with Gasteiger partial charge in [-0.15, -0.1) is 0 Å².